The zero-order valence-electron chi connectivity index (χ0n) is 9.12. The van der Waals surface area contributed by atoms with Gasteiger partial charge in [-0.25, -0.2) is 0 Å². The molecule has 0 radical (unpaired) electrons. The summed E-state index contributed by atoms with van der Waals surface area (Å²) in [5, 5.41) is 8.80. The number of hydrogen-bond donors (Lipinski definition) is 1. The molecule has 0 saturated carbocycles. The minimum Gasteiger partial charge on any atom is -0.396 e. The molecular weight excluding hydrogens is 254 g/mol. The highest BCUT2D eigenvalue weighted by Crippen LogP contribution is 2.17. The van der Waals surface area contributed by atoms with Crippen LogP contribution in [0.1, 0.15) is 18.9 Å². The van der Waals surface area contributed by atoms with E-state index in [1.54, 1.807) is 0 Å². The Balaban J connectivity index is 2.54. The van der Waals surface area contributed by atoms with Crippen LogP contribution in [0.3, 0.4) is 0 Å². The predicted octanol–water partition coefficient (Wildman–Crippen LogP) is 2.65. The molecule has 3 heteroatoms. The topological polar surface area (TPSA) is 23.5 Å². The van der Waals surface area contributed by atoms with E-state index in [9.17, 15) is 0 Å². The van der Waals surface area contributed by atoms with Crippen LogP contribution in [0.2, 0.25) is 0 Å². The van der Waals surface area contributed by atoms with Gasteiger partial charge in [-0.3, -0.25) is 4.90 Å². The molecule has 0 aliphatic carbocycles. The van der Waals surface area contributed by atoms with Gasteiger partial charge in [0.15, 0.2) is 0 Å². The van der Waals surface area contributed by atoms with Crippen molar-refractivity contribution in [2.24, 2.45) is 0 Å². The minimum atomic E-state index is 0.270. The fourth-order valence-electron chi connectivity index (χ4n) is 1.51. The largest absolute Gasteiger partial charge is 0.396 e. The maximum atomic E-state index is 8.80. The Morgan fingerprint density at radius 1 is 1.33 bits per heavy atom. The van der Waals surface area contributed by atoms with Crippen LogP contribution in [0.15, 0.2) is 28.7 Å². The van der Waals surface area contributed by atoms with Gasteiger partial charge in [-0.05, 0) is 24.6 Å². The van der Waals surface area contributed by atoms with Crippen LogP contribution < -0.4 is 0 Å². The predicted molar refractivity (Wildman–Crippen MR) is 66.8 cm³/mol. The molecule has 0 aliphatic heterocycles. The summed E-state index contributed by atoms with van der Waals surface area (Å²) in [6.07, 6.45) is 0.846. The van der Waals surface area contributed by atoms with Crippen LogP contribution in [-0.2, 0) is 6.54 Å². The van der Waals surface area contributed by atoms with E-state index >= 15 is 0 Å². The van der Waals surface area contributed by atoms with Crippen molar-refractivity contribution in [1.82, 2.24) is 4.90 Å². The number of nitrogens with zero attached hydrogens (tertiary/aromatic N) is 1. The Morgan fingerprint density at radius 3 is 2.67 bits per heavy atom. The maximum absolute atomic E-state index is 8.80. The van der Waals surface area contributed by atoms with Crippen molar-refractivity contribution in [3.8, 4) is 0 Å². The molecule has 1 aromatic carbocycles. The van der Waals surface area contributed by atoms with Crippen molar-refractivity contribution in [3.63, 3.8) is 0 Å². The first-order valence-electron chi connectivity index (χ1n) is 5.34. The van der Waals surface area contributed by atoms with Gasteiger partial charge in [-0.2, -0.15) is 0 Å². The summed E-state index contributed by atoms with van der Waals surface area (Å²) in [5.74, 6) is 0. The Bertz CT molecular complexity index is 291. The molecule has 84 valence electrons. The molecule has 0 saturated heterocycles. The molecule has 1 N–H and O–H groups in total. The lowest BCUT2D eigenvalue weighted by Crippen LogP contribution is -2.24. The van der Waals surface area contributed by atoms with Crippen LogP contribution in [0.25, 0.3) is 0 Å². The van der Waals surface area contributed by atoms with Gasteiger partial charge in [0.25, 0.3) is 0 Å². The smallest absolute Gasteiger partial charge is 0.0443 e. The summed E-state index contributed by atoms with van der Waals surface area (Å²) >= 11 is 3.55. The molecule has 0 aromatic heterocycles. The first-order valence-corrected chi connectivity index (χ1v) is 6.13. The monoisotopic (exact) mass is 271 g/mol. The van der Waals surface area contributed by atoms with Crippen LogP contribution in [-0.4, -0.2) is 29.7 Å². The van der Waals surface area contributed by atoms with Crippen molar-refractivity contribution in [1.29, 1.82) is 0 Å². The van der Waals surface area contributed by atoms with Gasteiger partial charge in [0.2, 0.25) is 0 Å². The zero-order valence-corrected chi connectivity index (χ0v) is 10.7. The van der Waals surface area contributed by atoms with E-state index in [-0.39, 0.29) is 6.61 Å². The standard InChI is InChI=1S/C12H18BrNO/c1-2-14(8-5-9-15)10-11-6-3-4-7-12(11)13/h3-4,6-7,15H,2,5,8-10H2,1H3. The second-order valence-corrected chi connectivity index (χ2v) is 4.39. The molecular formula is C12H18BrNO. The van der Waals surface area contributed by atoms with Gasteiger partial charge >= 0.3 is 0 Å². The van der Waals surface area contributed by atoms with E-state index < -0.39 is 0 Å². The average molecular weight is 272 g/mol. The second kappa shape index (κ2) is 6.99. The van der Waals surface area contributed by atoms with Gasteiger partial charge in [-0.1, -0.05) is 41.1 Å². The molecule has 1 rings (SSSR count). The highest BCUT2D eigenvalue weighted by molar-refractivity contribution is 9.10. The summed E-state index contributed by atoms with van der Waals surface area (Å²) in [6.45, 7) is 5.33. The van der Waals surface area contributed by atoms with Crippen molar-refractivity contribution >= 4 is 15.9 Å². The minimum absolute atomic E-state index is 0.270. The molecule has 0 atom stereocenters. The summed E-state index contributed by atoms with van der Waals surface area (Å²) < 4.78 is 1.16. The number of halogens is 1. The van der Waals surface area contributed by atoms with Crippen molar-refractivity contribution < 1.29 is 5.11 Å². The number of hydrogen-bond acceptors (Lipinski definition) is 2. The second-order valence-electron chi connectivity index (χ2n) is 3.54. The Kier molecular flexibility index (Phi) is 5.91. The fourth-order valence-corrected chi connectivity index (χ4v) is 1.92. The summed E-state index contributed by atoms with van der Waals surface area (Å²) in [6, 6.07) is 8.28. The number of benzene rings is 1. The van der Waals surface area contributed by atoms with Crippen LogP contribution in [0.4, 0.5) is 0 Å². The first kappa shape index (κ1) is 12.7. The maximum Gasteiger partial charge on any atom is 0.0443 e. The molecule has 0 heterocycles. The van der Waals surface area contributed by atoms with Gasteiger partial charge in [-0.15, -0.1) is 0 Å². The molecule has 2 nitrogen and oxygen atoms in total. The number of rotatable bonds is 6. The van der Waals surface area contributed by atoms with Crippen LogP contribution in [0.5, 0.6) is 0 Å². The van der Waals surface area contributed by atoms with E-state index in [4.69, 9.17) is 5.11 Å². The quantitative estimate of drug-likeness (QED) is 0.860. The Morgan fingerprint density at radius 2 is 2.07 bits per heavy atom. The molecule has 15 heavy (non-hydrogen) atoms. The highest BCUT2D eigenvalue weighted by atomic mass is 79.9. The molecule has 0 amide bonds. The van der Waals surface area contributed by atoms with Gasteiger partial charge in [0.05, 0.1) is 0 Å². The van der Waals surface area contributed by atoms with Crippen molar-refractivity contribution in [2.45, 2.75) is 19.9 Å². The summed E-state index contributed by atoms with van der Waals surface area (Å²) in [7, 11) is 0. The lowest BCUT2D eigenvalue weighted by atomic mass is 10.2. The lowest BCUT2D eigenvalue weighted by Gasteiger charge is -2.20. The van der Waals surface area contributed by atoms with Crippen molar-refractivity contribution in [2.75, 3.05) is 19.7 Å². The van der Waals surface area contributed by atoms with E-state index in [1.807, 2.05) is 6.07 Å². The molecule has 0 fully saturated rings. The highest BCUT2D eigenvalue weighted by Gasteiger charge is 2.05. The third kappa shape index (κ3) is 4.33. The molecule has 0 unspecified atom stereocenters. The van der Waals surface area contributed by atoms with Crippen LogP contribution >= 0.6 is 15.9 Å². The zero-order chi connectivity index (χ0) is 11.1. The summed E-state index contributed by atoms with van der Waals surface area (Å²) in [5.41, 5.74) is 1.30. The molecule has 1 aromatic rings. The molecule has 0 bridgehead atoms. The normalized spacial score (nSPS) is 10.9. The van der Waals surface area contributed by atoms with Crippen molar-refractivity contribution in [3.05, 3.63) is 34.3 Å². The van der Waals surface area contributed by atoms with E-state index in [2.05, 4.69) is 46.0 Å². The van der Waals surface area contributed by atoms with Crippen LogP contribution in [0, 0.1) is 0 Å². The lowest BCUT2D eigenvalue weighted by molar-refractivity contribution is 0.225. The Labute approximate surface area is 100 Å². The van der Waals surface area contributed by atoms with Gasteiger partial charge in [0.1, 0.15) is 0 Å². The van der Waals surface area contributed by atoms with E-state index in [0.717, 1.165) is 30.5 Å². The molecule has 0 spiro atoms. The van der Waals surface area contributed by atoms with E-state index in [0.29, 0.717) is 0 Å². The first-order chi connectivity index (χ1) is 7.27. The third-order valence-electron chi connectivity index (χ3n) is 2.43. The number of aliphatic hydroxyl groups is 1. The fraction of sp³-hybridized carbons (Fsp3) is 0.500. The number of aliphatic hydroxyl groups excluding tert-OH is 1. The van der Waals surface area contributed by atoms with Gasteiger partial charge in [0, 0.05) is 24.2 Å². The third-order valence-corrected chi connectivity index (χ3v) is 3.21. The Hall–Kier alpha value is -0.380. The molecule has 0 aliphatic rings. The summed E-state index contributed by atoms with van der Waals surface area (Å²) in [4.78, 5) is 2.33. The SMILES string of the molecule is CCN(CCCO)Cc1ccccc1Br. The average Bonchev–Trinajstić information content (AvgIpc) is 2.26. The van der Waals surface area contributed by atoms with E-state index in [1.165, 1.54) is 5.56 Å². The van der Waals surface area contributed by atoms with Gasteiger partial charge < -0.3 is 5.11 Å².